The van der Waals surface area contributed by atoms with Gasteiger partial charge in [0.2, 0.25) is 5.91 Å². The molecule has 1 saturated heterocycles. The Morgan fingerprint density at radius 3 is 2.85 bits per heavy atom. The number of amides is 1. The summed E-state index contributed by atoms with van der Waals surface area (Å²) in [5.74, 6) is 1.54. The average molecular weight is 449 g/mol. The van der Waals surface area contributed by atoms with Crippen LogP contribution in [0.4, 0.5) is 11.5 Å². The number of rotatable bonds is 8. The quantitative estimate of drug-likeness (QED) is 0.562. The molecule has 3 heterocycles. The summed E-state index contributed by atoms with van der Waals surface area (Å²) in [5, 5.41) is 3.15. The van der Waals surface area contributed by atoms with Crippen molar-refractivity contribution in [2.24, 2.45) is 0 Å². The van der Waals surface area contributed by atoms with Gasteiger partial charge in [0.25, 0.3) is 0 Å². The Bertz CT molecular complexity index is 1050. The SMILES string of the molecule is COc1ccccc1CN(C)CC(=O)N1CCO[C@@H](c2ccc(Nc3cnccn3)cn2)C1. The van der Waals surface area contributed by atoms with Gasteiger partial charge in [0.15, 0.2) is 0 Å². The van der Waals surface area contributed by atoms with Crippen molar-refractivity contribution in [2.45, 2.75) is 12.6 Å². The smallest absolute Gasteiger partial charge is 0.236 e. The maximum Gasteiger partial charge on any atom is 0.236 e. The van der Waals surface area contributed by atoms with Crippen molar-refractivity contribution in [3.8, 4) is 5.75 Å². The van der Waals surface area contributed by atoms with E-state index in [2.05, 4.69) is 20.3 Å². The summed E-state index contributed by atoms with van der Waals surface area (Å²) in [6.45, 7) is 2.48. The van der Waals surface area contributed by atoms with Gasteiger partial charge in [-0.15, -0.1) is 0 Å². The molecular formula is C24H28N6O3. The van der Waals surface area contributed by atoms with E-state index in [9.17, 15) is 4.79 Å². The average Bonchev–Trinajstić information content (AvgIpc) is 2.85. The zero-order chi connectivity index (χ0) is 23.0. The number of nitrogens with zero attached hydrogens (tertiary/aromatic N) is 5. The molecular weight excluding hydrogens is 420 g/mol. The highest BCUT2D eigenvalue weighted by Gasteiger charge is 2.27. The number of methoxy groups -OCH3 is 1. The van der Waals surface area contributed by atoms with Crippen molar-refractivity contribution in [3.63, 3.8) is 0 Å². The van der Waals surface area contributed by atoms with Crippen LogP contribution in [-0.2, 0) is 16.1 Å². The van der Waals surface area contributed by atoms with Crippen LogP contribution < -0.4 is 10.1 Å². The Balaban J connectivity index is 1.32. The molecule has 1 aliphatic rings. The topological polar surface area (TPSA) is 92.7 Å². The van der Waals surface area contributed by atoms with E-state index in [1.54, 1.807) is 31.9 Å². The molecule has 0 saturated carbocycles. The zero-order valence-electron chi connectivity index (χ0n) is 18.8. The third kappa shape index (κ3) is 6.03. The molecule has 0 bridgehead atoms. The molecule has 0 spiro atoms. The summed E-state index contributed by atoms with van der Waals surface area (Å²) in [5.41, 5.74) is 2.65. The molecule has 1 fully saturated rings. The lowest BCUT2D eigenvalue weighted by atomic mass is 10.1. The summed E-state index contributed by atoms with van der Waals surface area (Å²) in [7, 11) is 3.59. The number of pyridine rings is 1. The standard InChI is InChI=1S/C24H28N6O3/c1-29(15-18-5-3-4-6-21(18)32-2)17-24(31)30-11-12-33-22(16-30)20-8-7-19(13-27-20)28-23-14-25-9-10-26-23/h3-10,13-14,22H,11-12,15-17H2,1-2H3,(H,26,28)/t22-/m1/s1. The molecule has 0 aliphatic carbocycles. The van der Waals surface area contributed by atoms with Crippen molar-refractivity contribution in [2.75, 3.05) is 45.7 Å². The van der Waals surface area contributed by atoms with Crippen molar-refractivity contribution >= 4 is 17.4 Å². The highest BCUT2D eigenvalue weighted by atomic mass is 16.5. The van der Waals surface area contributed by atoms with Crippen LogP contribution >= 0.6 is 0 Å². The van der Waals surface area contributed by atoms with Gasteiger partial charge < -0.3 is 19.7 Å². The minimum Gasteiger partial charge on any atom is -0.496 e. The highest BCUT2D eigenvalue weighted by Crippen LogP contribution is 2.23. The molecule has 0 radical (unpaired) electrons. The number of likely N-dealkylation sites (N-methyl/N-ethyl adjacent to an activating group) is 1. The number of hydrogen-bond donors (Lipinski definition) is 1. The van der Waals surface area contributed by atoms with Gasteiger partial charge in [0.1, 0.15) is 17.7 Å². The van der Waals surface area contributed by atoms with Crippen LogP contribution in [0.2, 0.25) is 0 Å². The van der Waals surface area contributed by atoms with Crippen molar-refractivity contribution < 1.29 is 14.3 Å². The summed E-state index contributed by atoms with van der Waals surface area (Å²) in [6, 6.07) is 11.7. The second-order valence-electron chi connectivity index (χ2n) is 7.87. The van der Waals surface area contributed by atoms with Crippen LogP contribution in [0.5, 0.6) is 5.75 Å². The van der Waals surface area contributed by atoms with Gasteiger partial charge in [0, 0.05) is 31.0 Å². The molecule has 2 aromatic heterocycles. The first-order chi connectivity index (χ1) is 16.1. The fourth-order valence-corrected chi connectivity index (χ4v) is 3.75. The number of carbonyl (C=O) groups excluding carboxylic acids is 1. The molecule has 0 unspecified atom stereocenters. The van der Waals surface area contributed by atoms with Crippen molar-refractivity contribution in [1.82, 2.24) is 24.8 Å². The van der Waals surface area contributed by atoms with E-state index in [1.807, 2.05) is 53.2 Å². The molecule has 1 atom stereocenters. The van der Waals surface area contributed by atoms with E-state index >= 15 is 0 Å². The fourth-order valence-electron chi connectivity index (χ4n) is 3.75. The van der Waals surface area contributed by atoms with E-state index in [-0.39, 0.29) is 12.0 Å². The Morgan fingerprint density at radius 2 is 2.09 bits per heavy atom. The van der Waals surface area contributed by atoms with Gasteiger partial charge in [-0.3, -0.25) is 19.7 Å². The van der Waals surface area contributed by atoms with Crippen LogP contribution in [0.3, 0.4) is 0 Å². The van der Waals surface area contributed by atoms with Crippen LogP contribution in [0.1, 0.15) is 17.4 Å². The van der Waals surface area contributed by atoms with Crippen molar-refractivity contribution in [1.29, 1.82) is 0 Å². The minimum atomic E-state index is -0.257. The number of nitrogens with one attached hydrogen (secondary N) is 1. The second kappa shape index (κ2) is 10.8. The van der Waals surface area contributed by atoms with Crippen LogP contribution in [0, 0.1) is 0 Å². The molecule has 1 N–H and O–H groups in total. The summed E-state index contributed by atoms with van der Waals surface area (Å²) in [4.78, 5) is 29.5. The number of ether oxygens (including phenoxy) is 2. The largest absolute Gasteiger partial charge is 0.496 e. The van der Waals surface area contributed by atoms with Crippen LogP contribution in [0.15, 0.2) is 61.2 Å². The van der Waals surface area contributed by atoms with E-state index in [1.165, 1.54) is 0 Å². The lowest BCUT2D eigenvalue weighted by Crippen LogP contribution is -2.46. The number of anilines is 2. The number of para-hydroxylation sites is 1. The first-order valence-corrected chi connectivity index (χ1v) is 10.8. The minimum absolute atomic E-state index is 0.0710. The number of aromatic nitrogens is 3. The van der Waals surface area contributed by atoms with Crippen LogP contribution in [-0.4, -0.2) is 71.1 Å². The maximum absolute atomic E-state index is 12.9. The van der Waals surface area contributed by atoms with E-state index in [0.29, 0.717) is 38.6 Å². The number of hydrogen-bond acceptors (Lipinski definition) is 8. The molecule has 33 heavy (non-hydrogen) atoms. The van der Waals surface area contributed by atoms with Gasteiger partial charge in [-0.25, -0.2) is 4.98 Å². The Labute approximate surface area is 193 Å². The first kappa shape index (κ1) is 22.6. The van der Waals surface area contributed by atoms with Crippen molar-refractivity contribution in [3.05, 3.63) is 72.4 Å². The number of carbonyl (C=O) groups is 1. The number of morpholine rings is 1. The fraction of sp³-hybridized carbons (Fsp3) is 0.333. The van der Waals surface area contributed by atoms with Gasteiger partial charge in [-0.2, -0.15) is 0 Å². The molecule has 1 aliphatic heterocycles. The third-order valence-corrected chi connectivity index (χ3v) is 5.41. The molecule has 9 heteroatoms. The van der Waals surface area contributed by atoms with Gasteiger partial charge in [0.05, 0.1) is 50.6 Å². The summed E-state index contributed by atoms with van der Waals surface area (Å²) >= 11 is 0. The monoisotopic (exact) mass is 448 g/mol. The Kier molecular flexibility index (Phi) is 7.43. The van der Waals surface area contributed by atoms with E-state index in [4.69, 9.17) is 9.47 Å². The predicted molar refractivity (Wildman–Crippen MR) is 124 cm³/mol. The lowest BCUT2D eigenvalue weighted by molar-refractivity contribution is -0.140. The second-order valence-corrected chi connectivity index (χ2v) is 7.87. The van der Waals surface area contributed by atoms with Gasteiger partial charge in [-0.1, -0.05) is 18.2 Å². The maximum atomic E-state index is 12.9. The van der Waals surface area contributed by atoms with Gasteiger partial charge >= 0.3 is 0 Å². The molecule has 4 rings (SSSR count). The predicted octanol–water partition coefficient (Wildman–Crippen LogP) is 2.66. The third-order valence-electron chi connectivity index (χ3n) is 5.41. The lowest BCUT2D eigenvalue weighted by Gasteiger charge is -2.33. The highest BCUT2D eigenvalue weighted by molar-refractivity contribution is 5.78. The van der Waals surface area contributed by atoms with E-state index in [0.717, 1.165) is 22.7 Å². The summed E-state index contributed by atoms with van der Waals surface area (Å²) in [6.07, 6.45) is 6.37. The molecule has 172 valence electrons. The molecule has 9 nitrogen and oxygen atoms in total. The summed E-state index contributed by atoms with van der Waals surface area (Å²) < 4.78 is 11.3. The zero-order valence-corrected chi connectivity index (χ0v) is 18.8. The molecule has 3 aromatic rings. The van der Waals surface area contributed by atoms with E-state index < -0.39 is 0 Å². The molecule has 1 amide bonds. The normalized spacial score (nSPS) is 16.0. The van der Waals surface area contributed by atoms with Gasteiger partial charge in [-0.05, 0) is 25.2 Å². The van der Waals surface area contributed by atoms with Crippen LogP contribution in [0.25, 0.3) is 0 Å². The molecule has 1 aromatic carbocycles. The number of benzene rings is 1. The first-order valence-electron chi connectivity index (χ1n) is 10.8. The Morgan fingerprint density at radius 1 is 1.21 bits per heavy atom. The Hall–Kier alpha value is -3.56.